The second kappa shape index (κ2) is 17.0. The highest BCUT2D eigenvalue weighted by Gasteiger charge is 2.30. The Labute approximate surface area is 285 Å². The number of alkyl carbamates (subject to hydrolysis) is 1. The molecule has 0 bridgehead atoms. The number of benzene rings is 3. The van der Waals surface area contributed by atoms with Gasteiger partial charge in [0.05, 0.1) is 0 Å². The van der Waals surface area contributed by atoms with E-state index in [2.05, 4.69) is 10.6 Å². The predicted octanol–water partition coefficient (Wildman–Crippen LogP) is 4.60. The number of hydrogen-bond donors (Lipinski definition) is 3. The van der Waals surface area contributed by atoms with E-state index < -0.39 is 48.8 Å². The van der Waals surface area contributed by atoms with Crippen LogP contribution in [0, 0.1) is 0 Å². The first kappa shape index (κ1) is 36.2. The summed E-state index contributed by atoms with van der Waals surface area (Å²) in [6.07, 6.45) is -2.30. The lowest BCUT2D eigenvalue weighted by atomic mass is 9.98. The van der Waals surface area contributed by atoms with E-state index in [1.165, 1.54) is 0 Å². The maximum Gasteiger partial charge on any atom is 0.410 e. The molecule has 49 heavy (non-hydrogen) atoms. The Morgan fingerprint density at radius 3 is 1.84 bits per heavy atom. The van der Waals surface area contributed by atoms with E-state index in [0.29, 0.717) is 0 Å². The van der Waals surface area contributed by atoms with E-state index >= 15 is 0 Å². The Hall–Kier alpha value is -5.59. The van der Waals surface area contributed by atoms with Crippen molar-refractivity contribution in [3.05, 3.63) is 95.6 Å². The molecule has 0 radical (unpaired) electrons. The fourth-order valence-corrected chi connectivity index (χ4v) is 5.30. The summed E-state index contributed by atoms with van der Waals surface area (Å²) in [5.74, 6) is -2.04. The number of hydrogen-bond acceptors (Lipinski definition) is 8. The van der Waals surface area contributed by atoms with E-state index in [1.807, 2.05) is 54.6 Å². The van der Waals surface area contributed by atoms with Crippen LogP contribution in [0.25, 0.3) is 11.1 Å². The van der Waals surface area contributed by atoms with Gasteiger partial charge in [0.2, 0.25) is 5.91 Å². The predicted molar refractivity (Wildman–Crippen MR) is 180 cm³/mol. The van der Waals surface area contributed by atoms with Crippen LogP contribution in [0.2, 0.25) is 0 Å². The molecular formula is C36H42N4O9. The van der Waals surface area contributed by atoms with Crippen molar-refractivity contribution in [3.63, 3.8) is 0 Å². The summed E-state index contributed by atoms with van der Waals surface area (Å²) in [4.78, 5) is 64.7. The molecule has 13 nitrogen and oxygen atoms in total. The van der Waals surface area contributed by atoms with Crippen LogP contribution in [0.3, 0.4) is 0 Å². The van der Waals surface area contributed by atoms with Crippen LogP contribution in [0.1, 0.15) is 43.4 Å². The smallest absolute Gasteiger partial charge is 0.410 e. The van der Waals surface area contributed by atoms with Crippen molar-refractivity contribution in [2.24, 2.45) is 0 Å². The minimum Gasteiger partial charge on any atom is -0.480 e. The van der Waals surface area contributed by atoms with Gasteiger partial charge in [-0.15, -0.1) is 0 Å². The number of carboxylic acid groups (broad SMARTS) is 1. The molecule has 4 amide bonds. The molecule has 0 fully saturated rings. The number of nitrogens with one attached hydrogen (secondary N) is 2. The SMILES string of the molecule is CC(C)(C)OC(=O)NCCN(CC(=O)NCCN(CC(=O)O)C(=O)OCC1c2ccccc2-c2ccccc21)C(=O)OCc1ccccc1. The zero-order valence-electron chi connectivity index (χ0n) is 27.8. The van der Waals surface area contributed by atoms with Crippen molar-refractivity contribution < 1.29 is 43.3 Å². The first-order valence-electron chi connectivity index (χ1n) is 15.9. The van der Waals surface area contributed by atoms with E-state index in [4.69, 9.17) is 14.2 Å². The largest absolute Gasteiger partial charge is 0.480 e. The van der Waals surface area contributed by atoms with Gasteiger partial charge in [0.15, 0.2) is 0 Å². The van der Waals surface area contributed by atoms with Crippen molar-refractivity contribution in [1.82, 2.24) is 20.4 Å². The van der Waals surface area contributed by atoms with Gasteiger partial charge in [-0.3, -0.25) is 19.4 Å². The summed E-state index contributed by atoms with van der Waals surface area (Å²) < 4.78 is 16.2. The summed E-state index contributed by atoms with van der Waals surface area (Å²) in [7, 11) is 0. The lowest BCUT2D eigenvalue weighted by Gasteiger charge is -2.24. The van der Waals surface area contributed by atoms with Crippen LogP contribution in [0.15, 0.2) is 78.9 Å². The van der Waals surface area contributed by atoms with Gasteiger partial charge in [0.1, 0.15) is 31.9 Å². The van der Waals surface area contributed by atoms with E-state index in [9.17, 15) is 29.1 Å². The molecule has 3 aromatic rings. The highest BCUT2D eigenvalue weighted by atomic mass is 16.6. The summed E-state index contributed by atoms with van der Waals surface area (Å²) >= 11 is 0. The Morgan fingerprint density at radius 2 is 1.24 bits per heavy atom. The normalized spacial score (nSPS) is 11.8. The van der Waals surface area contributed by atoms with Crippen LogP contribution in [-0.2, 0) is 30.4 Å². The molecule has 0 saturated carbocycles. The standard InChI is InChI=1S/C36H42N4O9/c1-36(2,3)49-33(44)38-18-20-39(34(45)47-23-25-11-5-4-6-12-25)21-31(41)37-17-19-40(22-32(42)43)35(46)48-24-30-28-15-9-7-13-26(28)27-14-8-10-16-29(27)30/h4-16,30H,17-24H2,1-3H3,(H,37,41)(H,38,44)(H,42,43). The van der Waals surface area contributed by atoms with Crippen LogP contribution in [0.4, 0.5) is 14.4 Å². The van der Waals surface area contributed by atoms with Crippen molar-refractivity contribution in [3.8, 4) is 11.1 Å². The average Bonchev–Trinajstić information content (AvgIpc) is 3.38. The molecule has 13 heteroatoms. The maximum absolute atomic E-state index is 13.1. The fraction of sp³-hybridized carbons (Fsp3) is 0.361. The molecular weight excluding hydrogens is 632 g/mol. The molecule has 0 spiro atoms. The first-order chi connectivity index (χ1) is 23.4. The third-order valence-corrected chi connectivity index (χ3v) is 7.47. The second-order valence-corrected chi connectivity index (χ2v) is 12.4. The zero-order chi connectivity index (χ0) is 35.4. The Bertz CT molecular complexity index is 1580. The molecule has 0 heterocycles. The van der Waals surface area contributed by atoms with Gasteiger partial charge in [-0.1, -0.05) is 78.9 Å². The lowest BCUT2D eigenvalue weighted by Crippen LogP contribution is -2.47. The number of carbonyl (C=O) groups excluding carboxylic acids is 4. The van der Waals surface area contributed by atoms with Crippen molar-refractivity contribution in [1.29, 1.82) is 0 Å². The molecule has 1 aliphatic rings. The highest BCUT2D eigenvalue weighted by molar-refractivity contribution is 5.83. The van der Waals surface area contributed by atoms with Gasteiger partial charge in [0.25, 0.3) is 0 Å². The molecule has 4 rings (SSSR count). The van der Waals surface area contributed by atoms with Gasteiger partial charge >= 0.3 is 24.2 Å². The highest BCUT2D eigenvalue weighted by Crippen LogP contribution is 2.44. The first-order valence-corrected chi connectivity index (χ1v) is 15.9. The molecule has 0 saturated heterocycles. The molecule has 1 aliphatic carbocycles. The summed E-state index contributed by atoms with van der Waals surface area (Å²) in [6.45, 7) is 3.72. The minimum atomic E-state index is -1.25. The topological polar surface area (TPSA) is 164 Å². The summed E-state index contributed by atoms with van der Waals surface area (Å²) in [5.41, 5.74) is 4.18. The van der Waals surface area contributed by atoms with Crippen molar-refractivity contribution in [2.45, 2.75) is 38.9 Å². The second-order valence-electron chi connectivity index (χ2n) is 12.4. The number of rotatable bonds is 14. The molecule has 0 unspecified atom stereocenters. The quantitative estimate of drug-likeness (QED) is 0.207. The Balaban J connectivity index is 1.31. The van der Waals surface area contributed by atoms with Gasteiger partial charge < -0.3 is 30.0 Å². The van der Waals surface area contributed by atoms with Crippen molar-refractivity contribution >= 4 is 30.2 Å². The van der Waals surface area contributed by atoms with E-state index in [0.717, 1.165) is 37.6 Å². The number of aliphatic carboxylic acids is 1. The molecule has 0 aromatic heterocycles. The number of nitrogens with zero attached hydrogens (tertiary/aromatic N) is 2. The van der Waals surface area contributed by atoms with E-state index in [1.54, 1.807) is 45.0 Å². The van der Waals surface area contributed by atoms with Gasteiger partial charge in [-0.2, -0.15) is 0 Å². The summed E-state index contributed by atoms with van der Waals surface area (Å²) in [5, 5.41) is 14.6. The van der Waals surface area contributed by atoms with Crippen molar-refractivity contribution in [2.75, 3.05) is 45.9 Å². The molecule has 0 atom stereocenters. The van der Waals surface area contributed by atoms with Crippen LogP contribution >= 0.6 is 0 Å². The van der Waals surface area contributed by atoms with Crippen LogP contribution < -0.4 is 10.6 Å². The fourth-order valence-electron chi connectivity index (χ4n) is 5.30. The molecule has 0 aliphatic heterocycles. The molecule has 3 aromatic carbocycles. The lowest BCUT2D eigenvalue weighted by molar-refractivity contribution is -0.138. The third-order valence-electron chi connectivity index (χ3n) is 7.47. The van der Waals surface area contributed by atoms with Gasteiger partial charge in [-0.25, -0.2) is 14.4 Å². The monoisotopic (exact) mass is 674 g/mol. The average molecular weight is 675 g/mol. The van der Waals surface area contributed by atoms with Crippen LogP contribution in [0.5, 0.6) is 0 Å². The Kier molecular flexibility index (Phi) is 12.6. The number of carboxylic acids is 1. The minimum absolute atomic E-state index is 0.00667. The maximum atomic E-state index is 13.1. The van der Waals surface area contributed by atoms with Crippen LogP contribution in [-0.4, -0.2) is 96.5 Å². The zero-order valence-corrected chi connectivity index (χ0v) is 27.8. The summed E-state index contributed by atoms with van der Waals surface area (Å²) in [6, 6.07) is 24.7. The number of ether oxygens (including phenoxy) is 3. The molecule has 260 valence electrons. The van der Waals surface area contributed by atoms with E-state index in [-0.39, 0.29) is 45.3 Å². The molecule has 3 N–H and O–H groups in total. The van der Waals surface area contributed by atoms with Gasteiger partial charge in [0, 0.05) is 32.1 Å². The number of carbonyl (C=O) groups is 5. The Morgan fingerprint density at radius 1 is 0.714 bits per heavy atom. The number of amides is 4. The third kappa shape index (κ3) is 11.0. The number of fused-ring (bicyclic) bond motifs is 3. The van der Waals surface area contributed by atoms with Gasteiger partial charge in [-0.05, 0) is 48.6 Å².